The Hall–Kier alpha value is -1.43. The van der Waals surface area contributed by atoms with Gasteiger partial charge in [0.1, 0.15) is 6.29 Å². The van der Waals surface area contributed by atoms with Gasteiger partial charge in [0.15, 0.2) is 0 Å². The lowest BCUT2D eigenvalue weighted by Gasteiger charge is -2.15. The van der Waals surface area contributed by atoms with Gasteiger partial charge in [-0.25, -0.2) is 0 Å². The lowest BCUT2D eigenvalue weighted by molar-refractivity contribution is -0.126. The minimum Gasteiger partial charge on any atom is -0.370 e. The predicted octanol–water partition coefficient (Wildman–Crippen LogP) is -1.31. The molecule has 0 aromatic rings. The van der Waals surface area contributed by atoms with Crippen LogP contribution < -0.4 is 16.4 Å². The third-order valence-electron chi connectivity index (χ3n) is 2.57. The third kappa shape index (κ3) is 3.98. The quantitative estimate of drug-likeness (QED) is 0.490. The zero-order chi connectivity index (χ0) is 12.0. The van der Waals surface area contributed by atoms with Gasteiger partial charge in [-0.3, -0.25) is 9.59 Å². The number of rotatable bonds is 6. The topological polar surface area (TPSA) is 101 Å². The van der Waals surface area contributed by atoms with Gasteiger partial charge in [-0.1, -0.05) is 0 Å². The smallest absolute Gasteiger partial charge is 0.237 e. The third-order valence-corrected chi connectivity index (χ3v) is 2.57. The van der Waals surface area contributed by atoms with Crippen molar-refractivity contribution < 1.29 is 14.4 Å². The molecule has 0 aliphatic carbocycles. The number of nitrogens with two attached hydrogens (primary N) is 1. The van der Waals surface area contributed by atoms with Gasteiger partial charge in [0.25, 0.3) is 0 Å². The van der Waals surface area contributed by atoms with E-state index in [0.717, 1.165) is 19.4 Å². The van der Waals surface area contributed by atoms with Gasteiger partial charge < -0.3 is 21.2 Å². The van der Waals surface area contributed by atoms with Gasteiger partial charge in [-0.2, -0.15) is 0 Å². The monoisotopic (exact) mass is 227 g/mol. The van der Waals surface area contributed by atoms with E-state index < -0.39 is 11.9 Å². The lowest BCUT2D eigenvalue weighted by atomic mass is 10.1. The summed E-state index contributed by atoms with van der Waals surface area (Å²) in [5.41, 5.74) is 4.97. The number of amides is 2. The van der Waals surface area contributed by atoms with Crippen LogP contribution >= 0.6 is 0 Å². The number of primary amides is 1. The van der Waals surface area contributed by atoms with Gasteiger partial charge in [0.05, 0.1) is 12.1 Å². The number of aldehydes is 1. The molecule has 1 rings (SSSR count). The minimum absolute atomic E-state index is 0.0990. The molecular weight excluding hydrogens is 210 g/mol. The maximum Gasteiger partial charge on any atom is 0.237 e. The van der Waals surface area contributed by atoms with E-state index in [9.17, 15) is 14.4 Å². The Bertz CT molecular complexity index is 274. The number of hydrogen-bond acceptors (Lipinski definition) is 4. The predicted molar refractivity (Wildman–Crippen MR) is 57.4 cm³/mol. The highest BCUT2D eigenvalue weighted by Gasteiger charge is 2.23. The van der Waals surface area contributed by atoms with Crippen molar-refractivity contribution in [2.24, 2.45) is 5.73 Å². The Balaban J connectivity index is 2.33. The summed E-state index contributed by atoms with van der Waals surface area (Å²) in [5.74, 6) is -0.654. The Morgan fingerprint density at radius 3 is 2.81 bits per heavy atom. The van der Waals surface area contributed by atoms with E-state index in [2.05, 4.69) is 10.6 Å². The number of hydrogen-bond donors (Lipinski definition) is 3. The molecule has 6 heteroatoms. The van der Waals surface area contributed by atoms with Gasteiger partial charge in [0, 0.05) is 6.42 Å². The van der Waals surface area contributed by atoms with Gasteiger partial charge in [0.2, 0.25) is 11.8 Å². The highest BCUT2D eigenvalue weighted by Crippen LogP contribution is 2.05. The maximum atomic E-state index is 11.6. The minimum atomic E-state index is -0.623. The summed E-state index contributed by atoms with van der Waals surface area (Å²) in [6.45, 7) is 0.825. The van der Waals surface area contributed by atoms with Crippen LogP contribution in [0.2, 0.25) is 0 Å². The Morgan fingerprint density at radius 2 is 2.31 bits per heavy atom. The van der Waals surface area contributed by atoms with E-state index in [-0.39, 0.29) is 24.8 Å². The molecule has 2 amide bonds. The Morgan fingerprint density at radius 1 is 1.56 bits per heavy atom. The molecular formula is C10H17N3O3. The molecule has 0 aromatic carbocycles. The first-order chi connectivity index (χ1) is 7.63. The standard InChI is InChI=1S/C10H17N3O3/c11-9(15)4-3-7(6-14)13-10(16)8-2-1-5-12-8/h6-8,12H,1-5H2,(H2,11,15)(H,13,16)/t7-,8-/m0/s1. The first kappa shape index (κ1) is 12.6. The molecule has 0 aromatic heterocycles. The van der Waals surface area contributed by atoms with Crippen molar-refractivity contribution in [2.75, 3.05) is 6.54 Å². The first-order valence-electron chi connectivity index (χ1n) is 5.41. The summed E-state index contributed by atoms with van der Waals surface area (Å²) < 4.78 is 0. The molecule has 1 heterocycles. The molecule has 2 atom stereocenters. The molecule has 1 fully saturated rings. The van der Waals surface area contributed by atoms with Crippen LogP contribution in [0, 0.1) is 0 Å². The van der Waals surface area contributed by atoms with Crippen molar-refractivity contribution >= 4 is 18.1 Å². The summed E-state index contributed by atoms with van der Waals surface area (Å²) >= 11 is 0. The van der Waals surface area contributed by atoms with Gasteiger partial charge in [-0.05, 0) is 25.8 Å². The summed E-state index contributed by atoms with van der Waals surface area (Å²) in [7, 11) is 0. The lowest BCUT2D eigenvalue weighted by Crippen LogP contribution is -2.46. The maximum absolute atomic E-state index is 11.6. The molecule has 1 aliphatic heterocycles. The summed E-state index contributed by atoms with van der Waals surface area (Å²) in [4.78, 5) is 32.8. The van der Waals surface area contributed by atoms with Crippen molar-refractivity contribution in [1.82, 2.24) is 10.6 Å². The van der Waals surface area contributed by atoms with Crippen molar-refractivity contribution in [3.05, 3.63) is 0 Å². The molecule has 0 saturated carbocycles. The highest BCUT2D eigenvalue weighted by molar-refractivity contribution is 5.85. The summed E-state index contributed by atoms with van der Waals surface area (Å²) in [6, 6.07) is -0.835. The van der Waals surface area contributed by atoms with Crippen LogP contribution in [0.25, 0.3) is 0 Å². The number of carbonyl (C=O) groups is 3. The second kappa shape index (κ2) is 6.22. The molecule has 0 spiro atoms. The van der Waals surface area contributed by atoms with Crippen LogP contribution in [0.5, 0.6) is 0 Å². The molecule has 6 nitrogen and oxygen atoms in total. The number of nitrogens with one attached hydrogen (secondary N) is 2. The van der Waals surface area contributed by atoms with Crippen LogP contribution in [0.15, 0.2) is 0 Å². The van der Waals surface area contributed by atoms with E-state index in [1.54, 1.807) is 0 Å². The van der Waals surface area contributed by atoms with E-state index >= 15 is 0 Å². The summed E-state index contributed by atoms with van der Waals surface area (Å²) in [5, 5.41) is 5.62. The van der Waals surface area contributed by atoms with E-state index in [1.807, 2.05) is 0 Å². The molecule has 0 bridgehead atoms. The second-order valence-electron chi connectivity index (χ2n) is 3.91. The largest absolute Gasteiger partial charge is 0.370 e. The molecule has 0 radical (unpaired) electrons. The van der Waals surface area contributed by atoms with E-state index in [4.69, 9.17) is 5.73 Å². The fraction of sp³-hybridized carbons (Fsp3) is 0.700. The molecule has 4 N–H and O–H groups in total. The van der Waals surface area contributed by atoms with Crippen molar-refractivity contribution in [2.45, 2.75) is 37.8 Å². The highest BCUT2D eigenvalue weighted by atomic mass is 16.2. The van der Waals surface area contributed by atoms with Crippen LogP contribution in [0.1, 0.15) is 25.7 Å². The number of carbonyl (C=O) groups excluding carboxylic acids is 3. The normalized spacial score (nSPS) is 21.4. The molecule has 16 heavy (non-hydrogen) atoms. The van der Waals surface area contributed by atoms with Crippen LogP contribution in [-0.4, -0.2) is 36.7 Å². The molecule has 90 valence electrons. The fourth-order valence-corrected chi connectivity index (χ4v) is 1.66. The van der Waals surface area contributed by atoms with Crippen molar-refractivity contribution in [3.63, 3.8) is 0 Å². The summed E-state index contributed by atoms with van der Waals surface area (Å²) in [6.07, 6.45) is 2.74. The Labute approximate surface area is 93.9 Å². The van der Waals surface area contributed by atoms with E-state index in [1.165, 1.54) is 0 Å². The van der Waals surface area contributed by atoms with Crippen LogP contribution in [-0.2, 0) is 14.4 Å². The average molecular weight is 227 g/mol. The van der Waals surface area contributed by atoms with Crippen molar-refractivity contribution in [3.8, 4) is 0 Å². The van der Waals surface area contributed by atoms with Crippen LogP contribution in [0.4, 0.5) is 0 Å². The first-order valence-corrected chi connectivity index (χ1v) is 5.41. The average Bonchev–Trinajstić information content (AvgIpc) is 2.76. The Kier molecular flexibility index (Phi) is 4.91. The molecule has 0 unspecified atom stereocenters. The fourth-order valence-electron chi connectivity index (χ4n) is 1.66. The van der Waals surface area contributed by atoms with Crippen LogP contribution in [0.3, 0.4) is 0 Å². The molecule has 1 saturated heterocycles. The zero-order valence-electron chi connectivity index (χ0n) is 9.07. The van der Waals surface area contributed by atoms with Gasteiger partial charge in [-0.15, -0.1) is 0 Å². The van der Waals surface area contributed by atoms with E-state index in [0.29, 0.717) is 6.29 Å². The van der Waals surface area contributed by atoms with Gasteiger partial charge >= 0.3 is 0 Å². The van der Waals surface area contributed by atoms with Crippen molar-refractivity contribution in [1.29, 1.82) is 0 Å². The molecule has 1 aliphatic rings. The SMILES string of the molecule is NC(=O)CC[C@@H](C=O)NC(=O)[C@@H]1CCCN1. The zero-order valence-corrected chi connectivity index (χ0v) is 9.07. The second-order valence-corrected chi connectivity index (χ2v) is 3.91.